The van der Waals surface area contributed by atoms with Gasteiger partial charge in [-0.2, -0.15) is 0 Å². The maximum atomic E-state index is 12.4. The second-order valence-electron chi connectivity index (χ2n) is 6.31. The summed E-state index contributed by atoms with van der Waals surface area (Å²) in [5, 5.41) is 12.4. The van der Waals surface area contributed by atoms with E-state index in [2.05, 4.69) is 5.32 Å². The first-order chi connectivity index (χ1) is 10.7. The van der Waals surface area contributed by atoms with E-state index < -0.39 is 35.7 Å². The molecule has 0 unspecified atom stereocenters. The number of aliphatic hydroxyl groups excluding tert-OH is 1. The zero-order valence-corrected chi connectivity index (χ0v) is 14.3. The molecule has 0 spiro atoms. The molecule has 1 amide bonds. The lowest BCUT2D eigenvalue weighted by Gasteiger charge is -2.38. The van der Waals surface area contributed by atoms with Crippen LogP contribution in [0, 0.1) is 0 Å². The molecule has 23 heavy (non-hydrogen) atoms. The van der Waals surface area contributed by atoms with Crippen molar-refractivity contribution in [3.8, 4) is 0 Å². The third-order valence-electron chi connectivity index (χ3n) is 3.40. The number of hydrogen-bond acceptors (Lipinski definition) is 5. The Morgan fingerprint density at radius 2 is 1.78 bits per heavy atom. The average molecular weight is 323 g/mol. The highest BCUT2D eigenvalue weighted by Crippen LogP contribution is 2.22. The molecule has 1 aromatic carbocycles. The minimum absolute atomic E-state index is 0.372. The third kappa shape index (κ3) is 4.77. The molecule has 0 radical (unpaired) electrons. The Bertz CT molecular complexity index is 538. The zero-order valence-electron chi connectivity index (χ0n) is 14.3. The number of hydrogen-bond donors (Lipinski definition) is 2. The van der Waals surface area contributed by atoms with Crippen molar-refractivity contribution in [2.75, 3.05) is 13.7 Å². The normalized spacial score (nSPS) is 15.4. The SMILES string of the molecule is COC(=O)[C@](CO)(NC(=O)c1ccccc1)[C@@H](C)OC(C)(C)C. The summed E-state index contributed by atoms with van der Waals surface area (Å²) in [6, 6.07) is 8.43. The largest absolute Gasteiger partial charge is 0.467 e. The number of carbonyl (C=O) groups is 2. The first-order valence-corrected chi connectivity index (χ1v) is 7.41. The lowest BCUT2D eigenvalue weighted by Crippen LogP contribution is -2.65. The van der Waals surface area contributed by atoms with Crippen molar-refractivity contribution in [3.63, 3.8) is 0 Å². The van der Waals surface area contributed by atoms with Gasteiger partial charge < -0.3 is 19.9 Å². The minimum Gasteiger partial charge on any atom is -0.467 e. The predicted octanol–water partition coefficient (Wildman–Crippen LogP) is 1.52. The Hall–Kier alpha value is -1.92. The smallest absolute Gasteiger partial charge is 0.336 e. The van der Waals surface area contributed by atoms with Gasteiger partial charge in [-0.25, -0.2) is 4.79 Å². The van der Waals surface area contributed by atoms with Crippen LogP contribution in [0.5, 0.6) is 0 Å². The van der Waals surface area contributed by atoms with Crippen molar-refractivity contribution in [1.29, 1.82) is 0 Å². The van der Waals surface area contributed by atoms with Gasteiger partial charge in [-0.1, -0.05) is 18.2 Å². The highest BCUT2D eigenvalue weighted by molar-refractivity contribution is 5.98. The van der Waals surface area contributed by atoms with Crippen LogP contribution < -0.4 is 5.32 Å². The number of amides is 1. The summed E-state index contributed by atoms with van der Waals surface area (Å²) in [7, 11) is 1.20. The van der Waals surface area contributed by atoms with Crippen molar-refractivity contribution in [1.82, 2.24) is 5.32 Å². The highest BCUT2D eigenvalue weighted by atomic mass is 16.5. The summed E-state index contributed by atoms with van der Waals surface area (Å²) in [4.78, 5) is 24.7. The van der Waals surface area contributed by atoms with Gasteiger partial charge in [-0.05, 0) is 39.8 Å². The molecule has 0 aliphatic carbocycles. The van der Waals surface area contributed by atoms with Crippen molar-refractivity contribution in [3.05, 3.63) is 35.9 Å². The molecule has 0 bridgehead atoms. The van der Waals surface area contributed by atoms with Gasteiger partial charge in [-0.3, -0.25) is 4.79 Å². The predicted molar refractivity (Wildman–Crippen MR) is 86.0 cm³/mol. The highest BCUT2D eigenvalue weighted by Gasteiger charge is 2.48. The summed E-state index contributed by atoms with van der Waals surface area (Å²) in [6.45, 7) is 6.44. The van der Waals surface area contributed by atoms with Crippen molar-refractivity contribution in [2.24, 2.45) is 0 Å². The molecule has 128 valence electrons. The molecule has 0 aliphatic rings. The Morgan fingerprint density at radius 3 is 2.22 bits per heavy atom. The topological polar surface area (TPSA) is 84.9 Å². The Kier molecular flexibility index (Phi) is 6.29. The van der Waals surface area contributed by atoms with Crippen LogP contribution in [0.25, 0.3) is 0 Å². The summed E-state index contributed by atoms with van der Waals surface area (Å²) >= 11 is 0. The van der Waals surface area contributed by atoms with Gasteiger partial charge >= 0.3 is 5.97 Å². The van der Waals surface area contributed by atoms with Crippen LogP contribution in [0.2, 0.25) is 0 Å². The summed E-state index contributed by atoms with van der Waals surface area (Å²) < 4.78 is 10.6. The number of esters is 1. The van der Waals surface area contributed by atoms with Crippen LogP contribution in [0.4, 0.5) is 0 Å². The zero-order chi connectivity index (χ0) is 17.7. The summed E-state index contributed by atoms with van der Waals surface area (Å²) in [6.07, 6.45) is -0.799. The molecular weight excluding hydrogens is 298 g/mol. The van der Waals surface area contributed by atoms with Crippen molar-refractivity contribution >= 4 is 11.9 Å². The number of rotatable bonds is 6. The van der Waals surface area contributed by atoms with E-state index in [1.807, 2.05) is 20.8 Å². The maximum absolute atomic E-state index is 12.4. The number of benzene rings is 1. The van der Waals surface area contributed by atoms with Crippen molar-refractivity contribution in [2.45, 2.75) is 44.9 Å². The fraction of sp³-hybridized carbons (Fsp3) is 0.529. The molecule has 0 saturated carbocycles. The molecule has 6 nitrogen and oxygen atoms in total. The fourth-order valence-electron chi connectivity index (χ4n) is 2.23. The molecule has 0 aromatic heterocycles. The molecular formula is C17H25NO5. The minimum atomic E-state index is -1.69. The van der Waals surface area contributed by atoms with Crippen LogP contribution >= 0.6 is 0 Å². The Morgan fingerprint density at radius 1 is 1.22 bits per heavy atom. The first-order valence-electron chi connectivity index (χ1n) is 7.41. The number of carbonyl (C=O) groups excluding carboxylic acids is 2. The van der Waals surface area contributed by atoms with Gasteiger partial charge in [-0.15, -0.1) is 0 Å². The van der Waals surface area contributed by atoms with Crippen LogP contribution in [-0.4, -0.2) is 47.9 Å². The van der Waals surface area contributed by atoms with Crippen LogP contribution in [0.3, 0.4) is 0 Å². The van der Waals surface area contributed by atoms with E-state index in [0.717, 1.165) is 0 Å². The lowest BCUT2D eigenvalue weighted by molar-refractivity contribution is -0.165. The average Bonchev–Trinajstić information content (AvgIpc) is 2.50. The van der Waals surface area contributed by atoms with Gasteiger partial charge in [0.15, 0.2) is 5.54 Å². The monoisotopic (exact) mass is 323 g/mol. The molecule has 0 saturated heterocycles. The van der Waals surface area contributed by atoms with Gasteiger partial charge in [0.1, 0.15) is 0 Å². The number of aliphatic hydroxyl groups is 1. The van der Waals surface area contributed by atoms with E-state index in [1.54, 1.807) is 37.3 Å². The Labute approximate surface area is 136 Å². The van der Waals surface area contributed by atoms with Gasteiger partial charge in [0, 0.05) is 5.56 Å². The molecule has 2 atom stereocenters. The van der Waals surface area contributed by atoms with E-state index in [1.165, 1.54) is 7.11 Å². The van der Waals surface area contributed by atoms with Crippen molar-refractivity contribution < 1.29 is 24.2 Å². The van der Waals surface area contributed by atoms with E-state index in [4.69, 9.17) is 9.47 Å². The van der Waals surface area contributed by atoms with Gasteiger partial charge in [0.25, 0.3) is 5.91 Å². The standard InChI is InChI=1S/C17H25NO5/c1-12(23-16(2,3)4)17(11-19,15(21)22-5)18-14(20)13-9-7-6-8-10-13/h6-10,12,19H,11H2,1-5H3,(H,18,20)/t12-,17-/m1/s1. The third-order valence-corrected chi connectivity index (χ3v) is 3.40. The first kappa shape index (κ1) is 19.1. The van der Waals surface area contributed by atoms with E-state index >= 15 is 0 Å². The van der Waals surface area contributed by atoms with Crippen LogP contribution in [-0.2, 0) is 14.3 Å². The summed E-state index contributed by atoms with van der Waals surface area (Å²) in [5.74, 6) is -1.25. The molecule has 0 aliphatic heterocycles. The van der Waals surface area contributed by atoms with E-state index in [-0.39, 0.29) is 0 Å². The quantitative estimate of drug-likeness (QED) is 0.776. The van der Waals surface area contributed by atoms with Crippen LogP contribution in [0.15, 0.2) is 30.3 Å². The van der Waals surface area contributed by atoms with Gasteiger partial charge in [0.05, 0.1) is 25.4 Å². The lowest BCUT2D eigenvalue weighted by atomic mass is 9.92. The molecule has 2 N–H and O–H groups in total. The fourth-order valence-corrected chi connectivity index (χ4v) is 2.23. The maximum Gasteiger partial charge on any atom is 0.336 e. The second-order valence-corrected chi connectivity index (χ2v) is 6.31. The summed E-state index contributed by atoms with van der Waals surface area (Å²) in [5.41, 5.74) is -1.88. The van der Waals surface area contributed by atoms with Gasteiger partial charge in [0.2, 0.25) is 0 Å². The van der Waals surface area contributed by atoms with E-state index in [9.17, 15) is 14.7 Å². The molecule has 0 fully saturated rings. The molecule has 6 heteroatoms. The molecule has 1 rings (SSSR count). The number of nitrogens with one attached hydrogen (secondary N) is 1. The van der Waals surface area contributed by atoms with Crippen LogP contribution in [0.1, 0.15) is 38.1 Å². The Balaban J connectivity index is 3.14. The molecule has 1 aromatic rings. The second kappa shape index (κ2) is 7.57. The van der Waals surface area contributed by atoms with E-state index in [0.29, 0.717) is 5.56 Å². The number of methoxy groups -OCH3 is 1. The molecule has 0 heterocycles. The number of ether oxygens (including phenoxy) is 2.